The Balaban J connectivity index is 3.67. The second kappa shape index (κ2) is 11.2. The van der Waals surface area contributed by atoms with Crippen LogP contribution >= 0.6 is 0 Å². The molecule has 0 radical (unpaired) electrons. The first-order chi connectivity index (χ1) is 9.03. The summed E-state index contributed by atoms with van der Waals surface area (Å²) in [5.74, 6) is 0.107. The van der Waals surface area contributed by atoms with Gasteiger partial charge in [0.25, 0.3) is 0 Å². The topological polar surface area (TPSA) is 44.4 Å². The summed E-state index contributed by atoms with van der Waals surface area (Å²) in [6.07, 6.45) is 3.24. The van der Waals surface area contributed by atoms with Gasteiger partial charge in [-0.3, -0.25) is 4.79 Å². The van der Waals surface area contributed by atoms with Gasteiger partial charge in [-0.1, -0.05) is 20.8 Å². The summed E-state index contributed by atoms with van der Waals surface area (Å²) in [5.41, 5.74) is 0. The summed E-state index contributed by atoms with van der Waals surface area (Å²) in [6, 6.07) is 0.672. The highest BCUT2D eigenvalue weighted by Gasteiger charge is 2.08. The van der Waals surface area contributed by atoms with Gasteiger partial charge in [0.05, 0.1) is 6.54 Å². The van der Waals surface area contributed by atoms with Crippen molar-refractivity contribution in [2.45, 2.75) is 66.0 Å². The second-order valence-corrected chi connectivity index (χ2v) is 5.33. The lowest BCUT2D eigenvalue weighted by molar-refractivity contribution is -0.121. The third-order valence-corrected chi connectivity index (χ3v) is 3.64. The van der Waals surface area contributed by atoms with Gasteiger partial charge < -0.3 is 15.5 Å². The molecule has 0 aromatic carbocycles. The average Bonchev–Trinajstić information content (AvgIpc) is 2.40. The van der Waals surface area contributed by atoms with Gasteiger partial charge in [0, 0.05) is 12.1 Å². The Morgan fingerprint density at radius 2 is 1.74 bits per heavy atom. The number of hydrogen-bond acceptors (Lipinski definition) is 3. The molecule has 0 saturated carbocycles. The maximum absolute atomic E-state index is 11.7. The van der Waals surface area contributed by atoms with E-state index >= 15 is 0 Å². The van der Waals surface area contributed by atoms with Crippen molar-refractivity contribution in [2.24, 2.45) is 0 Å². The molecule has 114 valence electrons. The highest BCUT2D eigenvalue weighted by Crippen LogP contribution is 1.99. The summed E-state index contributed by atoms with van der Waals surface area (Å²) in [7, 11) is 0. The summed E-state index contributed by atoms with van der Waals surface area (Å²) < 4.78 is 0. The summed E-state index contributed by atoms with van der Waals surface area (Å²) in [6.45, 7) is 14.4. The van der Waals surface area contributed by atoms with E-state index in [-0.39, 0.29) is 11.9 Å². The number of nitrogens with one attached hydrogen (secondary N) is 2. The number of carbonyl (C=O) groups is 1. The molecule has 0 bridgehead atoms. The molecule has 0 aliphatic heterocycles. The number of rotatable bonds is 11. The molecule has 1 amide bonds. The molecule has 0 saturated heterocycles. The Kier molecular flexibility index (Phi) is 10.9. The van der Waals surface area contributed by atoms with E-state index in [9.17, 15) is 4.79 Å². The Morgan fingerprint density at radius 3 is 2.26 bits per heavy atom. The van der Waals surface area contributed by atoms with Crippen molar-refractivity contribution >= 4 is 5.91 Å². The Labute approximate surface area is 119 Å². The normalized spacial score (nSPS) is 14.4. The van der Waals surface area contributed by atoms with Crippen molar-refractivity contribution in [3.63, 3.8) is 0 Å². The molecule has 0 aliphatic carbocycles. The molecule has 2 unspecified atom stereocenters. The second-order valence-electron chi connectivity index (χ2n) is 5.33. The zero-order valence-corrected chi connectivity index (χ0v) is 13.5. The zero-order valence-electron chi connectivity index (χ0n) is 13.5. The highest BCUT2D eigenvalue weighted by molar-refractivity contribution is 5.78. The van der Waals surface area contributed by atoms with E-state index in [2.05, 4.69) is 50.2 Å². The van der Waals surface area contributed by atoms with Crippen LogP contribution in [-0.4, -0.2) is 49.1 Å². The van der Waals surface area contributed by atoms with Gasteiger partial charge in [-0.2, -0.15) is 0 Å². The van der Waals surface area contributed by atoms with Gasteiger partial charge in [0.15, 0.2) is 0 Å². The molecule has 0 aromatic heterocycles. The standard InChI is InChI=1S/C15H33N3O/c1-6-13(4)16-12-15(19)17-14(5)10-9-11-18(7-2)8-3/h13-14,16H,6-12H2,1-5H3,(H,17,19). The summed E-state index contributed by atoms with van der Waals surface area (Å²) >= 11 is 0. The van der Waals surface area contributed by atoms with Crippen molar-refractivity contribution in [3.8, 4) is 0 Å². The van der Waals surface area contributed by atoms with E-state index in [0.29, 0.717) is 12.6 Å². The van der Waals surface area contributed by atoms with Gasteiger partial charge >= 0.3 is 0 Å². The smallest absolute Gasteiger partial charge is 0.234 e. The Morgan fingerprint density at radius 1 is 1.11 bits per heavy atom. The predicted octanol–water partition coefficient (Wildman–Crippen LogP) is 2.00. The van der Waals surface area contributed by atoms with Crippen LogP contribution in [0, 0.1) is 0 Å². The molecule has 0 spiro atoms. The van der Waals surface area contributed by atoms with Crippen LogP contribution in [0.3, 0.4) is 0 Å². The molecule has 0 fully saturated rings. The van der Waals surface area contributed by atoms with E-state index < -0.39 is 0 Å². The van der Waals surface area contributed by atoms with Crippen LogP contribution in [-0.2, 0) is 4.79 Å². The maximum Gasteiger partial charge on any atom is 0.234 e. The van der Waals surface area contributed by atoms with Gasteiger partial charge in [0.1, 0.15) is 0 Å². The van der Waals surface area contributed by atoms with Gasteiger partial charge in [-0.25, -0.2) is 0 Å². The molecule has 4 heteroatoms. The lowest BCUT2D eigenvalue weighted by Crippen LogP contribution is -2.41. The van der Waals surface area contributed by atoms with Crippen LogP contribution in [0.1, 0.15) is 53.9 Å². The van der Waals surface area contributed by atoms with Crippen LogP contribution in [0.4, 0.5) is 0 Å². The first kappa shape index (κ1) is 18.4. The molecule has 0 aliphatic rings. The van der Waals surface area contributed by atoms with E-state index in [1.807, 2.05) is 0 Å². The maximum atomic E-state index is 11.7. The van der Waals surface area contributed by atoms with Crippen LogP contribution in [0.5, 0.6) is 0 Å². The fourth-order valence-electron chi connectivity index (χ4n) is 1.97. The molecular weight excluding hydrogens is 238 g/mol. The third kappa shape index (κ3) is 9.91. The van der Waals surface area contributed by atoms with Crippen LogP contribution in [0.15, 0.2) is 0 Å². The summed E-state index contributed by atoms with van der Waals surface area (Å²) in [4.78, 5) is 14.1. The minimum absolute atomic E-state index is 0.107. The van der Waals surface area contributed by atoms with Crippen LogP contribution < -0.4 is 10.6 Å². The molecule has 0 rings (SSSR count). The lowest BCUT2D eigenvalue weighted by atomic mass is 10.1. The van der Waals surface area contributed by atoms with Crippen molar-refractivity contribution in [1.82, 2.24) is 15.5 Å². The molecule has 0 aromatic rings. The number of hydrogen-bond donors (Lipinski definition) is 2. The number of amides is 1. The first-order valence-corrected chi connectivity index (χ1v) is 7.78. The molecule has 0 heterocycles. The molecule has 2 N–H and O–H groups in total. The Bertz CT molecular complexity index is 229. The molecule has 4 nitrogen and oxygen atoms in total. The van der Waals surface area contributed by atoms with E-state index in [1.54, 1.807) is 0 Å². The van der Waals surface area contributed by atoms with Crippen molar-refractivity contribution in [1.29, 1.82) is 0 Å². The molecular formula is C15H33N3O. The van der Waals surface area contributed by atoms with Gasteiger partial charge in [-0.15, -0.1) is 0 Å². The fourth-order valence-corrected chi connectivity index (χ4v) is 1.97. The number of nitrogens with zero attached hydrogens (tertiary/aromatic N) is 1. The minimum Gasteiger partial charge on any atom is -0.353 e. The number of carbonyl (C=O) groups excluding carboxylic acids is 1. The van der Waals surface area contributed by atoms with Crippen LogP contribution in [0.25, 0.3) is 0 Å². The quantitative estimate of drug-likeness (QED) is 0.604. The van der Waals surface area contributed by atoms with E-state index in [0.717, 1.165) is 38.9 Å². The van der Waals surface area contributed by atoms with E-state index in [1.165, 1.54) is 0 Å². The van der Waals surface area contributed by atoms with Gasteiger partial charge in [0.2, 0.25) is 5.91 Å². The van der Waals surface area contributed by atoms with E-state index in [4.69, 9.17) is 0 Å². The monoisotopic (exact) mass is 271 g/mol. The van der Waals surface area contributed by atoms with Crippen molar-refractivity contribution in [3.05, 3.63) is 0 Å². The predicted molar refractivity (Wildman–Crippen MR) is 82.4 cm³/mol. The fraction of sp³-hybridized carbons (Fsp3) is 0.933. The third-order valence-electron chi connectivity index (χ3n) is 3.64. The molecule has 19 heavy (non-hydrogen) atoms. The van der Waals surface area contributed by atoms with Crippen molar-refractivity contribution in [2.75, 3.05) is 26.2 Å². The SMILES string of the molecule is CCC(C)NCC(=O)NC(C)CCCN(CC)CC. The average molecular weight is 271 g/mol. The van der Waals surface area contributed by atoms with Crippen LogP contribution in [0.2, 0.25) is 0 Å². The lowest BCUT2D eigenvalue weighted by Gasteiger charge is -2.20. The minimum atomic E-state index is 0.107. The Hall–Kier alpha value is -0.610. The van der Waals surface area contributed by atoms with Gasteiger partial charge in [-0.05, 0) is 52.7 Å². The first-order valence-electron chi connectivity index (χ1n) is 7.78. The summed E-state index contributed by atoms with van der Waals surface area (Å²) in [5, 5.41) is 6.26. The highest BCUT2D eigenvalue weighted by atomic mass is 16.1. The zero-order chi connectivity index (χ0) is 14.7. The molecule has 2 atom stereocenters. The largest absolute Gasteiger partial charge is 0.353 e. The van der Waals surface area contributed by atoms with Crippen molar-refractivity contribution < 1.29 is 4.79 Å².